The second kappa shape index (κ2) is 6.37. The number of hydrogen-bond acceptors (Lipinski definition) is 1. The molecule has 0 spiro atoms. The van der Waals surface area contributed by atoms with Crippen molar-refractivity contribution in [2.75, 3.05) is 6.54 Å². The fraction of sp³-hybridized carbons (Fsp3) is 0.500. The Hall–Kier alpha value is -0.240. The fourth-order valence-electron chi connectivity index (χ4n) is 1.59. The summed E-state index contributed by atoms with van der Waals surface area (Å²) in [5.41, 5.74) is 1.17. The second-order valence-electron chi connectivity index (χ2n) is 3.62. The second-order valence-corrected chi connectivity index (χ2v) is 4.49. The lowest BCUT2D eigenvalue weighted by atomic mass is 10.0. The molecule has 0 aromatic heterocycles. The van der Waals surface area contributed by atoms with Gasteiger partial charge in [0.2, 0.25) is 0 Å². The molecule has 1 atom stereocenters. The summed E-state index contributed by atoms with van der Waals surface area (Å²) in [5, 5.41) is 4.88. The van der Waals surface area contributed by atoms with Crippen LogP contribution in [-0.4, -0.2) is 6.54 Å². The van der Waals surface area contributed by atoms with Gasteiger partial charge in [0.25, 0.3) is 0 Å². The van der Waals surface area contributed by atoms with Crippen molar-refractivity contribution in [1.29, 1.82) is 0 Å². The molecule has 1 aromatic rings. The van der Waals surface area contributed by atoms with E-state index in [1.54, 1.807) is 6.07 Å². The summed E-state index contributed by atoms with van der Waals surface area (Å²) >= 11 is 11.9. The molecular formula is C12H17Cl2N. The molecule has 1 N–H and O–H groups in total. The van der Waals surface area contributed by atoms with Crippen molar-refractivity contribution in [1.82, 2.24) is 5.32 Å². The van der Waals surface area contributed by atoms with E-state index in [4.69, 9.17) is 23.2 Å². The van der Waals surface area contributed by atoms with Gasteiger partial charge in [0.15, 0.2) is 0 Å². The summed E-state index contributed by atoms with van der Waals surface area (Å²) in [6, 6.07) is 6.06. The molecule has 15 heavy (non-hydrogen) atoms. The molecule has 0 bridgehead atoms. The molecule has 0 saturated heterocycles. The molecule has 0 amide bonds. The van der Waals surface area contributed by atoms with E-state index >= 15 is 0 Å². The first-order valence-corrected chi connectivity index (χ1v) is 6.12. The van der Waals surface area contributed by atoms with Crippen LogP contribution in [0.2, 0.25) is 10.0 Å². The van der Waals surface area contributed by atoms with Crippen LogP contribution in [0.1, 0.15) is 38.3 Å². The molecule has 3 heteroatoms. The summed E-state index contributed by atoms with van der Waals surface area (Å²) in [6.07, 6.45) is 2.17. The zero-order valence-electron chi connectivity index (χ0n) is 9.19. The molecule has 1 nitrogen and oxygen atoms in total. The molecule has 84 valence electrons. The highest BCUT2D eigenvalue weighted by Crippen LogP contribution is 2.25. The predicted molar refractivity (Wildman–Crippen MR) is 67.8 cm³/mol. The monoisotopic (exact) mass is 245 g/mol. The Kier molecular flexibility index (Phi) is 5.44. The summed E-state index contributed by atoms with van der Waals surface area (Å²) in [4.78, 5) is 0. The normalized spacial score (nSPS) is 12.8. The third kappa shape index (κ3) is 4.02. The largest absolute Gasteiger partial charge is 0.310 e. The first-order valence-electron chi connectivity index (χ1n) is 5.36. The minimum Gasteiger partial charge on any atom is -0.310 e. The third-order valence-corrected chi connectivity index (χ3v) is 2.77. The molecule has 1 rings (SSSR count). The number of nitrogens with one attached hydrogen (secondary N) is 1. The highest BCUT2D eigenvalue weighted by molar-refractivity contribution is 6.34. The summed E-state index contributed by atoms with van der Waals surface area (Å²) in [7, 11) is 0. The summed E-state index contributed by atoms with van der Waals surface area (Å²) < 4.78 is 0. The highest BCUT2D eigenvalue weighted by atomic mass is 35.5. The number of hydrogen-bond donors (Lipinski definition) is 1. The van der Waals surface area contributed by atoms with E-state index in [1.807, 2.05) is 12.1 Å². The average Bonchev–Trinajstić information content (AvgIpc) is 2.17. The fourth-order valence-corrected chi connectivity index (χ4v) is 2.14. The quantitative estimate of drug-likeness (QED) is 0.809. The van der Waals surface area contributed by atoms with E-state index in [-0.39, 0.29) is 0 Å². The van der Waals surface area contributed by atoms with Crippen molar-refractivity contribution in [3.63, 3.8) is 0 Å². The van der Waals surface area contributed by atoms with Gasteiger partial charge in [0.05, 0.1) is 0 Å². The number of benzene rings is 1. The molecule has 0 saturated carbocycles. The van der Waals surface area contributed by atoms with Crippen LogP contribution < -0.4 is 5.32 Å². The lowest BCUT2D eigenvalue weighted by molar-refractivity contribution is 0.518. The molecule has 0 aliphatic carbocycles. The predicted octanol–water partition coefficient (Wildman–Crippen LogP) is 4.44. The van der Waals surface area contributed by atoms with E-state index in [0.717, 1.165) is 19.4 Å². The van der Waals surface area contributed by atoms with Gasteiger partial charge in [0, 0.05) is 16.1 Å². The van der Waals surface area contributed by atoms with Gasteiger partial charge in [0.1, 0.15) is 0 Å². The van der Waals surface area contributed by atoms with Crippen molar-refractivity contribution in [3.05, 3.63) is 33.8 Å². The van der Waals surface area contributed by atoms with Gasteiger partial charge >= 0.3 is 0 Å². The zero-order valence-corrected chi connectivity index (χ0v) is 10.7. The van der Waals surface area contributed by atoms with E-state index < -0.39 is 0 Å². The first-order chi connectivity index (χ1) is 7.17. The maximum Gasteiger partial charge on any atom is 0.0424 e. The maximum absolute atomic E-state index is 5.97. The van der Waals surface area contributed by atoms with Crippen molar-refractivity contribution in [3.8, 4) is 0 Å². The first kappa shape index (κ1) is 12.8. The Labute approximate surface area is 102 Å². The smallest absolute Gasteiger partial charge is 0.0424 e. The Bertz CT molecular complexity index is 292. The Morgan fingerprint density at radius 3 is 2.20 bits per heavy atom. The van der Waals surface area contributed by atoms with Gasteiger partial charge in [-0.2, -0.15) is 0 Å². The van der Waals surface area contributed by atoms with Crippen molar-refractivity contribution in [2.24, 2.45) is 0 Å². The van der Waals surface area contributed by atoms with Crippen molar-refractivity contribution >= 4 is 23.2 Å². The lowest BCUT2D eigenvalue weighted by Crippen LogP contribution is -2.21. The minimum atomic E-state index is 0.348. The third-order valence-electron chi connectivity index (χ3n) is 2.34. The molecule has 0 radical (unpaired) electrons. The van der Waals surface area contributed by atoms with Crippen LogP contribution in [0.3, 0.4) is 0 Å². The van der Waals surface area contributed by atoms with E-state index in [1.165, 1.54) is 5.56 Å². The van der Waals surface area contributed by atoms with Crippen LogP contribution >= 0.6 is 23.2 Å². The minimum absolute atomic E-state index is 0.348. The lowest BCUT2D eigenvalue weighted by Gasteiger charge is -2.17. The van der Waals surface area contributed by atoms with Crippen LogP contribution in [0, 0.1) is 0 Å². The molecule has 1 aromatic carbocycles. The number of rotatable bonds is 5. The van der Waals surface area contributed by atoms with Crippen LogP contribution in [0.4, 0.5) is 0 Å². The Balaban J connectivity index is 2.81. The molecular weight excluding hydrogens is 229 g/mol. The molecule has 1 unspecified atom stereocenters. The van der Waals surface area contributed by atoms with Gasteiger partial charge in [-0.05, 0) is 43.1 Å². The van der Waals surface area contributed by atoms with Crippen molar-refractivity contribution in [2.45, 2.75) is 32.7 Å². The van der Waals surface area contributed by atoms with Crippen LogP contribution in [-0.2, 0) is 0 Å². The van der Waals surface area contributed by atoms with Gasteiger partial charge in [-0.25, -0.2) is 0 Å². The molecule has 0 fully saturated rings. The summed E-state index contributed by atoms with van der Waals surface area (Å²) in [6.45, 7) is 5.33. The highest BCUT2D eigenvalue weighted by Gasteiger charge is 2.09. The molecule has 0 aliphatic rings. The van der Waals surface area contributed by atoms with Crippen LogP contribution in [0.25, 0.3) is 0 Å². The Morgan fingerprint density at radius 1 is 1.13 bits per heavy atom. The number of halogens is 2. The average molecular weight is 246 g/mol. The van der Waals surface area contributed by atoms with Gasteiger partial charge in [-0.3, -0.25) is 0 Å². The maximum atomic E-state index is 5.97. The van der Waals surface area contributed by atoms with Crippen LogP contribution in [0.15, 0.2) is 18.2 Å². The zero-order chi connectivity index (χ0) is 11.3. The standard InChI is InChI=1S/C12H17Cl2N/c1-3-5-15-12(4-2)9-6-10(13)8-11(14)7-9/h6-8,12,15H,3-5H2,1-2H3. The SMILES string of the molecule is CCCNC(CC)c1cc(Cl)cc(Cl)c1. The molecule has 0 heterocycles. The van der Waals surface area contributed by atoms with E-state index in [9.17, 15) is 0 Å². The van der Waals surface area contributed by atoms with Crippen LogP contribution in [0.5, 0.6) is 0 Å². The topological polar surface area (TPSA) is 12.0 Å². The molecule has 0 aliphatic heterocycles. The van der Waals surface area contributed by atoms with E-state index in [0.29, 0.717) is 16.1 Å². The van der Waals surface area contributed by atoms with E-state index in [2.05, 4.69) is 19.2 Å². The van der Waals surface area contributed by atoms with Crippen molar-refractivity contribution < 1.29 is 0 Å². The Morgan fingerprint density at radius 2 is 1.73 bits per heavy atom. The summed E-state index contributed by atoms with van der Waals surface area (Å²) in [5.74, 6) is 0. The van der Waals surface area contributed by atoms with Gasteiger partial charge < -0.3 is 5.32 Å². The van der Waals surface area contributed by atoms with Gasteiger partial charge in [-0.1, -0.05) is 37.0 Å². The van der Waals surface area contributed by atoms with Gasteiger partial charge in [-0.15, -0.1) is 0 Å².